The number of amides is 2. The van der Waals surface area contributed by atoms with Crippen molar-refractivity contribution in [2.24, 2.45) is 0 Å². The molecule has 3 aromatic carbocycles. The van der Waals surface area contributed by atoms with Crippen LogP contribution in [-0.2, 0) is 9.53 Å². The lowest BCUT2D eigenvalue weighted by Gasteiger charge is -2.28. The Labute approximate surface area is 279 Å². The summed E-state index contributed by atoms with van der Waals surface area (Å²) in [7, 11) is 1.28. The number of fused-ring (bicyclic) bond motifs is 1. The summed E-state index contributed by atoms with van der Waals surface area (Å²) in [6, 6.07) is 22.3. The van der Waals surface area contributed by atoms with Gasteiger partial charge in [-0.15, -0.1) is 0 Å². The number of carbonyl (C=O) groups is 2. The fraction of sp³-hybridized carbons (Fsp3) is 0.324. The molecule has 0 spiro atoms. The highest BCUT2D eigenvalue weighted by atomic mass is 16.5. The van der Waals surface area contributed by atoms with Crippen LogP contribution in [0.4, 0.5) is 22.0 Å². The van der Waals surface area contributed by atoms with E-state index in [0.29, 0.717) is 6.54 Å². The number of rotatable bonds is 8. The predicted octanol–water partition coefficient (Wildman–Crippen LogP) is 6.83. The number of hydrogen-bond donors (Lipinski definition) is 3. The molecule has 0 aliphatic carbocycles. The molecule has 2 amide bonds. The van der Waals surface area contributed by atoms with Gasteiger partial charge in [0.2, 0.25) is 5.91 Å². The zero-order valence-electron chi connectivity index (χ0n) is 27.3. The highest BCUT2D eigenvalue weighted by Crippen LogP contribution is 2.34. The molecule has 11 heteroatoms. The highest BCUT2D eigenvalue weighted by Gasteiger charge is 2.34. The molecule has 3 N–H and O–H groups in total. The Balaban J connectivity index is 1.06. The summed E-state index contributed by atoms with van der Waals surface area (Å²) in [5, 5.41) is 7.03. The number of nitrogens with zero attached hydrogens (tertiary/aromatic N) is 5. The molecule has 2 aliphatic rings. The topological polar surface area (TPSA) is 128 Å². The Morgan fingerprint density at radius 2 is 1.62 bits per heavy atom. The van der Waals surface area contributed by atoms with Crippen LogP contribution in [0, 0.1) is 0 Å². The molecule has 2 aromatic heterocycles. The summed E-state index contributed by atoms with van der Waals surface area (Å²) < 4.78 is 4.65. The molecule has 246 valence electrons. The van der Waals surface area contributed by atoms with Gasteiger partial charge in [-0.1, -0.05) is 30.3 Å². The Kier molecular flexibility index (Phi) is 8.91. The first-order chi connectivity index (χ1) is 23.5. The van der Waals surface area contributed by atoms with Gasteiger partial charge in [0.05, 0.1) is 30.6 Å². The van der Waals surface area contributed by atoms with Gasteiger partial charge >= 0.3 is 6.09 Å². The third kappa shape index (κ3) is 6.53. The Morgan fingerprint density at radius 3 is 2.40 bits per heavy atom. The quantitative estimate of drug-likeness (QED) is 0.168. The van der Waals surface area contributed by atoms with E-state index in [0.717, 1.165) is 76.5 Å². The standard InChI is InChI=1S/C37H40N8O3/c1-24(41-37(47)48-2)36(46)45-20-6-7-33(45)35-38-22-32(43-35)26-10-8-25(9-11-26)27-12-17-31-30(21-27)34(40-23-39-31)42-28-13-15-29(16-14-28)44-18-4-3-5-19-44/h8-17,21-24,33H,3-7,18-20H2,1-2H3,(H,38,43)(H,41,47)(H,39,40,42)/t24-,33+/m1/s1. The van der Waals surface area contributed by atoms with Crippen LogP contribution >= 0.6 is 0 Å². The van der Waals surface area contributed by atoms with Crippen molar-refractivity contribution >= 4 is 40.1 Å². The first kappa shape index (κ1) is 31.2. The van der Waals surface area contributed by atoms with Gasteiger partial charge in [0.25, 0.3) is 0 Å². The molecule has 0 bridgehead atoms. The van der Waals surface area contributed by atoms with Gasteiger partial charge in [-0.05, 0) is 92.1 Å². The van der Waals surface area contributed by atoms with E-state index in [2.05, 4.69) is 101 Å². The van der Waals surface area contributed by atoms with E-state index in [1.165, 1.54) is 32.1 Å². The second-order valence-corrected chi connectivity index (χ2v) is 12.5. The SMILES string of the molecule is COC(=O)N[C@H](C)C(=O)N1CCC[C@H]1c1ncc(-c2ccc(-c3ccc4ncnc(Nc5ccc(N6CCCCC6)cc5)c4c3)cc2)[nH]1. The summed E-state index contributed by atoms with van der Waals surface area (Å²) >= 11 is 0. The largest absolute Gasteiger partial charge is 0.453 e. The normalized spacial score (nSPS) is 16.9. The minimum absolute atomic E-state index is 0.157. The van der Waals surface area contributed by atoms with Crippen molar-refractivity contribution in [1.82, 2.24) is 30.2 Å². The first-order valence-electron chi connectivity index (χ1n) is 16.6. The second kappa shape index (κ2) is 13.7. The zero-order chi connectivity index (χ0) is 33.0. The Bertz CT molecular complexity index is 1900. The molecule has 0 radical (unpaired) electrons. The summed E-state index contributed by atoms with van der Waals surface area (Å²) in [4.78, 5) is 46.1. The number of aromatic amines is 1. The monoisotopic (exact) mass is 644 g/mol. The molecule has 4 heterocycles. The third-order valence-electron chi connectivity index (χ3n) is 9.35. The maximum absolute atomic E-state index is 13.1. The smallest absolute Gasteiger partial charge is 0.407 e. The van der Waals surface area contributed by atoms with Gasteiger partial charge in [0.15, 0.2) is 0 Å². The van der Waals surface area contributed by atoms with Gasteiger partial charge in [-0.25, -0.2) is 19.7 Å². The van der Waals surface area contributed by atoms with Crippen LogP contribution in [-0.4, -0.2) is 69.6 Å². The molecular weight excluding hydrogens is 604 g/mol. The fourth-order valence-corrected chi connectivity index (χ4v) is 6.74. The van der Waals surface area contributed by atoms with E-state index in [4.69, 9.17) is 0 Å². The number of benzene rings is 3. The number of hydrogen-bond acceptors (Lipinski definition) is 8. The lowest BCUT2D eigenvalue weighted by Crippen LogP contribution is -2.46. The van der Waals surface area contributed by atoms with Crippen molar-refractivity contribution in [3.05, 3.63) is 85.1 Å². The Morgan fingerprint density at radius 1 is 0.875 bits per heavy atom. The van der Waals surface area contributed by atoms with Gasteiger partial charge in [0, 0.05) is 36.4 Å². The van der Waals surface area contributed by atoms with E-state index in [1.54, 1.807) is 18.2 Å². The van der Waals surface area contributed by atoms with Crippen molar-refractivity contribution in [1.29, 1.82) is 0 Å². The van der Waals surface area contributed by atoms with Crippen molar-refractivity contribution in [2.45, 2.75) is 51.1 Å². The van der Waals surface area contributed by atoms with Crippen LogP contribution in [0.1, 0.15) is 50.9 Å². The third-order valence-corrected chi connectivity index (χ3v) is 9.35. The minimum atomic E-state index is -0.690. The summed E-state index contributed by atoms with van der Waals surface area (Å²) in [6.45, 7) is 4.52. The summed E-state index contributed by atoms with van der Waals surface area (Å²) in [5.41, 5.74) is 7.13. The zero-order valence-corrected chi connectivity index (χ0v) is 27.3. The summed E-state index contributed by atoms with van der Waals surface area (Å²) in [5.74, 6) is 1.35. The van der Waals surface area contributed by atoms with E-state index >= 15 is 0 Å². The number of imidazole rings is 1. The average molecular weight is 645 g/mol. The molecule has 48 heavy (non-hydrogen) atoms. The van der Waals surface area contributed by atoms with Crippen LogP contribution in [0.5, 0.6) is 0 Å². The lowest BCUT2D eigenvalue weighted by molar-refractivity contribution is -0.134. The average Bonchev–Trinajstić information content (AvgIpc) is 3.83. The molecule has 2 aliphatic heterocycles. The molecular formula is C37H40N8O3. The maximum atomic E-state index is 13.1. The fourth-order valence-electron chi connectivity index (χ4n) is 6.74. The van der Waals surface area contributed by atoms with E-state index in [9.17, 15) is 9.59 Å². The van der Waals surface area contributed by atoms with E-state index in [-0.39, 0.29) is 11.9 Å². The first-order valence-corrected chi connectivity index (χ1v) is 16.6. The number of nitrogens with one attached hydrogen (secondary N) is 3. The van der Waals surface area contributed by atoms with Crippen molar-refractivity contribution in [3.63, 3.8) is 0 Å². The van der Waals surface area contributed by atoms with Crippen LogP contribution in [0.2, 0.25) is 0 Å². The second-order valence-electron chi connectivity index (χ2n) is 12.5. The molecule has 2 atom stereocenters. The van der Waals surface area contributed by atoms with E-state index < -0.39 is 12.1 Å². The summed E-state index contributed by atoms with van der Waals surface area (Å²) in [6.07, 6.45) is 8.27. The number of piperidine rings is 1. The molecule has 2 saturated heterocycles. The molecule has 7 rings (SSSR count). The minimum Gasteiger partial charge on any atom is -0.453 e. The molecule has 0 saturated carbocycles. The maximum Gasteiger partial charge on any atom is 0.407 e. The molecule has 11 nitrogen and oxygen atoms in total. The number of H-pyrrole nitrogens is 1. The number of carbonyl (C=O) groups excluding carboxylic acids is 2. The van der Waals surface area contributed by atoms with Gasteiger partial charge < -0.3 is 30.2 Å². The van der Waals surface area contributed by atoms with Crippen LogP contribution in [0.25, 0.3) is 33.3 Å². The van der Waals surface area contributed by atoms with Crippen LogP contribution in [0.3, 0.4) is 0 Å². The van der Waals surface area contributed by atoms with Gasteiger partial charge in [-0.2, -0.15) is 0 Å². The number of alkyl carbamates (subject to hydrolysis) is 1. The molecule has 2 fully saturated rings. The lowest BCUT2D eigenvalue weighted by atomic mass is 10.0. The van der Waals surface area contributed by atoms with Crippen molar-refractivity contribution in [3.8, 4) is 22.4 Å². The number of methoxy groups -OCH3 is 1. The Hall–Kier alpha value is -5.45. The molecule has 0 unspecified atom stereocenters. The highest BCUT2D eigenvalue weighted by molar-refractivity contribution is 5.94. The van der Waals surface area contributed by atoms with Gasteiger partial charge in [0.1, 0.15) is 24.0 Å². The number of likely N-dealkylation sites (tertiary alicyclic amines) is 1. The van der Waals surface area contributed by atoms with Crippen LogP contribution in [0.15, 0.2) is 79.3 Å². The number of anilines is 3. The predicted molar refractivity (Wildman–Crippen MR) is 187 cm³/mol. The molecule has 5 aromatic rings. The number of aromatic nitrogens is 4. The van der Waals surface area contributed by atoms with Gasteiger partial charge in [-0.3, -0.25) is 4.79 Å². The van der Waals surface area contributed by atoms with E-state index in [1.807, 2.05) is 12.3 Å². The number of ether oxygens (including phenoxy) is 1. The van der Waals surface area contributed by atoms with Crippen molar-refractivity contribution < 1.29 is 14.3 Å². The van der Waals surface area contributed by atoms with Crippen LogP contribution < -0.4 is 15.5 Å². The van der Waals surface area contributed by atoms with Crippen molar-refractivity contribution in [2.75, 3.05) is 37.0 Å².